The first-order valence-electron chi connectivity index (χ1n) is 8.13. The highest BCUT2D eigenvalue weighted by atomic mass is 32.1. The van der Waals surface area contributed by atoms with Gasteiger partial charge >= 0.3 is 5.76 Å². The number of amides is 1. The maximum absolute atomic E-state index is 12.4. The molecule has 0 radical (unpaired) electrons. The number of benzene rings is 1. The summed E-state index contributed by atoms with van der Waals surface area (Å²) in [6, 6.07) is 12.8. The molecule has 1 amide bonds. The molecule has 132 valence electrons. The van der Waals surface area contributed by atoms with E-state index in [1.54, 1.807) is 41.9 Å². The molecule has 0 aliphatic rings. The molecule has 1 unspecified atom stereocenters. The van der Waals surface area contributed by atoms with Crippen LogP contribution in [0.25, 0.3) is 11.1 Å². The van der Waals surface area contributed by atoms with E-state index in [9.17, 15) is 9.59 Å². The van der Waals surface area contributed by atoms with Crippen molar-refractivity contribution in [1.82, 2.24) is 9.88 Å². The van der Waals surface area contributed by atoms with Crippen LogP contribution in [-0.4, -0.2) is 17.0 Å². The minimum Gasteiger partial charge on any atom is -0.469 e. The molecule has 0 aliphatic heterocycles. The Balaban J connectivity index is 1.49. The molecular formula is C19H16N2O4S. The van der Waals surface area contributed by atoms with Gasteiger partial charge in [0.15, 0.2) is 5.58 Å². The predicted molar refractivity (Wildman–Crippen MR) is 98.4 cm³/mol. The van der Waals surface area contributed by atoms with Crippen LogP contribution >= 0.6 is 11.3 Å². The van der Waals surface area contributed by atoms with Gasteiger partial charge in [0.2, 0.25) is 5.91 Å². The summed E-state index contributed by atoms with van der Waals surface area (Å²) in [5.41, 5.74) is 2.15. The zero-order chi connectivity index (χ0) is 17.9. The SMILES string of the molecule is O=C(Cn1c(=O)oc2ccccc21)NCC(c1ccsc1)c1ccco1. The number of fused-ring (bicyclic) bond motifs is 1. The van der Waals surface area contributed by atoms with Crippen molar-refractivity contribution in [2.75, 3.05) is 6.54 Å². The summed E-state index contributed by atoms with van der Waals surface area (Å²) in [7, 11) is 0. The summed E-state index contributed by atoms with van der Waals surface area (Å²) in [5, 5.41) is 6.92. The average Bonchev–Trinajstić information content (AvgIpc) is 3.38. The molecule has 6 nitrogen and oxygen atoms in total. The van der Waals surface area contributed by atoms with Gasteiger partial charge < -0.3 is 14.2 Å². The van der Waals surface area contributed by atoms with Gasteiger partial charge in [-0.1, -0.05) is 12.1 Å². The molecular weight excluding hydrogens is 352 g/mol. The van der Waals surface area contributed by atoms with Crippen LogP contribution in [0.15, 0.2) is 73.1 Å². The number of aromatic nitrogens is 1. The number of rotatable bonds is 6. The molecule has 0 spiro atoms. The lowest BCUT2D eigenvalue weighted by Crippen LogP contribution is -2.33. The fourth-order valence-electron chi connectivity index (χ4n) is 2.92. The highest BCUT2D eigenvalue weighted by molar-refractivity contribution is 7.08. The van der Waals surface area contributed by atoms with Crippen molar-refractivity contribution < 1.29 is 13.6 Å². The molecule has 0 fully saturated rings. The van der Waals surface area contributed by atoms with Gasteiger partial charge in [-0.05, 0) is 46.7 Å². The Morgan fingerprint density at radius 2 is 2.08 bits per heavy atom. The van der Waals surface area contributed by atoms with Crippen molar-refractivity contribution in [3.63, 3.8) is 0 Å². The van der Waals surface area contributed by atoms with Crippen molar-refractivity contribution >= 4 is 28.3 Å². The van der Waals surface area contributed by atoms with Gasteiger partial charge in [0, 0.05) is 6.54 Å². The zero-order valence-corrected chi connectivity index (χ0v) is 14.6. The molecule has 7 heteroatoms. The first kappa shape index (κ1) is 16.4. The van der Waals surface area contributed by atoms with Crippen LogP contribution < -0.4 is 11.1 Å². The Morgan fingerprint density at radius 3 is 2.85 bits per heavy atom. The third-order valence-electron chi connectivity index (χ3n) is 4.21. The van der Waals surface area contributed by atoms with Gasteiger partial charge in [0.1, 0.15) is 12.3 Å². The molecule has 0 saturated heterocycles. The van der Waals surface area contributed by atoms with Crippen LogP contribution in [0.1, 0.15) is 17.2 Å². The van der Waals surface area contributed by atoms with Crippen LogP contribution in [0.2, 0.25) is 0 Å². The second-order valence-electron chi connectivity index (χ2n) is 5.85. The summed E-state index contributed by atoms with van der Waals surface area (Å²) in [6.07, 6.45) is 1.62. The number of oxazole rings is 1. The molecule has 4 rings (SSSR count). The smallest absolute Gasteiger partial charge is 0.420 e. The summed E-state index contributed by atoms with van der Waals surface area (Å²) in [5.74, 6) is -0.0835. The second kappa shape index (κ2) is 7.05. The standard InChI is InChI=1S/C19H16N2O4S/c22-18(11-21-15-4-1-2-5-17(15)25-19(21)23)20-10-14(13-7-9-26-12-13)16-6-3-8-24-16/h1-9,12,14H,10-11H2,(H,20,22). The molecule has 1 N–H and O–H groups in total. The fraction of sp³-hybridized carbons (Fsp3) is 0.158. The number of hydrogen-bond donors (Lipinski definition) is 1. The van der Waals surface area contributed by atoms with E-state index in [1.165, 1.54) is 4.57 Å². The molecule has 26 heavy (non-hydrogen) atoms. The number of hydrogen-bond acceptors (Lipinski definition) is 5. The normalized spacial score (nSPS) is 12.3. The summed E-state index contributed by atoms with van der Waals surface area (Å²) < 4.78 is 12.0. The van der Waals surface area contributed by atoms with E-state index in [0.29, 0.717) is 17.6 Å². The van der Waals surface area contributed by atoms with Gasteiger partial charge in [-0.25, -0.2) is 4.79 Å². The third kappa shape index (κ3) is 3.21. The van der Waals surface area contributed by atoms with Crippen LogP contribution in [0, 0.1) is 0 Å². The topological polar surface area (TPSA) is 77.4 Å². The van der Waals surface area contributed by atoms with Gasteiger partial charge in [-0.15, -0.1) is 0 Å². The zero-order valence-electron chi connectivity index (χ0n) is 13.8. The van der Waals surface area contributed by atoms with Gasteiger partial charge in [0.25, 0.3) is 0 Å². The molecule has 3 heterocycles. The lowest BCUT2D eigenvalue weighted by atomic mass is 9.99. The first-order valence-corrected chi connectivity index (χ1v) is 9.07. The van der Waals surface area contributed by atoms with Gasteiger partial charge in [-0.3, -0.25) is 9.36 Å². The van der Waals surface area contributed by atoms with Crippen molar-refractivity contribution in [3.8, 4) is 0 Å². The van der Waals surface area contributed by atoms with Crippen molar-refractivity contribution in [2.45, 2.75) is 12.5 Å². The van der Waals surface area contributed by atoms with Crippen LogP contribution in [0.4, 0.5) is 0 Å². The Bertz CT molecular complexity index is 1030. The van der Waals surface area contributed by atoms with Gasteiger partial charge in [-0.2, -0.15) is 11.3 Å². The molecule has 1 atom stereocenters. The third-order valence-corrected chi connectivity index (χ3v) is 4.91. The van der Waals surface area contributed by atoms with Crippen molar-refractivity contribution in [3.05, 3.63) is 81.4 Å². The van der Waals surface area contributed by atoms with E-state index in [1.807, 2.05) is 29.0 Å². The second-order valence-corrected chi connectivity index (χ2v) is 6.63. The number of carbonyl (C=O) groups is 1. The Hall–Kier alpha value is -3.06. The Morgan fingerprint density at radius 1 is 1.19 bits per heavy atom. The molecule has 0 saturated carbocycles. The molecule has 3 aromatic heterocycles. The number of para-hydroxylation sites is 2. The largest absolute Gasteiger partial charge is 0.469 e. The predicted octanol–water partition coefficient (Wildman–Crippen LogP) is 3.20. The average molecular weight is 368 g/mol. The minimum atomic E-state index is -0.540. The first-order chi connectivity index (χ1) is 12.7. The summed E-state index contributed by atoms with van der Waals surface area (Å²) in [4.78, 5) is 24.4. The maximum Gasteiger partial charge on any atom is 0.420 e. The summed E-state index contributed by atoms with van der Waals surface area (Å²) in [6.45, 7) is 0.290. The summed E-state index contributed by atoms with van der Waals surface area (Å²) >= 11 is 1.59. The van der Waals surface area contributed by atoms with Gasteiger partial charge in [0.05, 0.1) is 17.7 Å². The van der Waals surface area contributed by atoms with Crippen LogP contribution in [0.5, 0.6) is 0 Å². The number of furan rings is 1. The lowest BCUT2D eigenvalue weighted by Gasteiger charge is -2.14. The molecule has 0 aliphatic carbocycles. The lowest BCUT2D eigenvalue weighted by molar-refractivity contribution is -0.121. The highest BCUT2D eigenvalue weighted by Crippen LogP contribution is 2.26. The Labute approximate surface area is 152 Å². The van der Waals surface area contributed by atoms with E-state index in [2.05, 4.69) is 5.32 Å². The monoisotopic (exact) mass is 368 g/mol. The van der Waals surface area contributed by atoms with E-state index in [-0.39, 0.29) is 18.4 Å². The van der Waals surface area contributed by atoms with Crippen LogP contribution in [-0.2, 0) is 11.3 Å². The van der Waals surface area contributed by atoms with Crippen molar-refractivity contribution in [1.29, 1.82) is 0 Å². The molecule has 1 aromatic carbocycles. The number of nitrogens with zero attached hydrogens (tertiary/aromatic N) is 1. The fourth-order valence-corrected chi connectivity index (χ4v) is 3.64. The van der Waals surface area contributed by atoms with E-state index in [0.717, 1.165) is 11.3 Å². The van der Waals surface area contributed by atoms with E-state index in [4.69, 9.17) is 8.83 Å². The maximum atomic E-state index is 12.4. The highest BCUT2D eigenvalue weighted by Gasteiger charge is 2.19. The Kier molecular flexibility index (Phi) is 4.45. The van der Waals surface area contributed by atoms with Crippen LogP contribution in [0.3, 0.4) is 0 Å². The van der Waals surface area contributed by atoms with E-state index >= 15 is 0 Å². The minimum absolute atomic E-state index is 0.0713. The van der Waals surface area contributed by atoms with Crippen molar-refractivity contribution in [2.24, 2.45) is 0 Å². The number of carbonyl (C=O) groups excluding carboxylic acids is 1. The quantitative estimate of drug-likeness (QED) is 0.567. The molecule has 0 bridgehead atoms. The van der Waals surface area contributed by atoms with E-state index < -0.39 is 5.76 Å². The number of nitrogens with one attached hydrogen (secondary N) is 1. The number of thiophene rings is 1. The molecule has 4 aromatic rings.